The van der Waals surface area contributed by atoms with E-state index in [-0.39, 0.29) is 0 Å². The van der Waals surface area contributed by atoms with E-state index in [0.717, 1.165) is 11.8 Å². The van der Waals surface area contributed by atoms with Crippen LogP contribution < -0.4 is 0 Å². The number of hydrogen-bond donors (Lipinski definition) is 1. The van der Waals surface area contributed by atoms with Crippen molar-refractivity contribution in [3.63, 3.8) is 0 Å². The van der Waals surface area contributed by atoms with E-state index in [1.54, 1.807) is 0 Å². The topological polar surface area (TPSA) is 0 Å². The van der Waals surface area contributed by atoms with E-state index < -0.39 is 0 Å². The van der Waals surface area contributed by atoms with E-state index >= 15 is 0 Å². The lowest BCUT2D eigenvalue weighted by Gasteiger charge is -2.20. The lowest BCUT2D eigenvalue weighted by Crippen LogP contribution is -2.11. The van der Waals surface area contributed by atoms with Crippen molar-refractivity contribution in [3.05, 3.63) is 0 Å². The molecule has 0 aliphatic heterocycles. The van der Waals surface area contributed by atoms with Gasteiger partial charge in [-0.2, -0.15) is 12.6 Å². The van der Waals surface area contributed by atoms with Gasteiger partial charge in [-0.15, -0.1) is 0 Å². The van der Waals surface area contributed by atoms with E-state index in [9.17, 15) is 0 Å². The molecule has 0 aromatic carbocycles. The minimum atomic E-state index is 0.685. The van der Waals surface area contributed by atoms with Crippen molar-refractivity contribution >= 4 is 12.6 Å². The van der Waals surface area contributed by atoms with Crippen molar-refractivity contribution < 1.29 is 0 Å². The Morgan fingerprint density at radius 2 is 1.82 bits per heavy atom. The van der Waals surface area contributed by atoms with Crippen LogP contribution in [0.2, 0.25) is 0 Å². The summed E-state index contributed by atoms with van der Waals surface area (Å²) in [6, 6.07) is 0. The molecule has 0 aromatic rings. The van der Waals surface area contributed by atoms with Crippen molar-refractivity contribution in [1.29, 1.82) is 0 Å². The first-order valence-corrected chi connectivity index (χ1v) is 5.40. The first kappa shape index (κ1) is 9.44. The molecule has 1 aliphatic rings. The average molecular weight is 172 g/mol. The summed E-state index contributed by atoms with van der Waals surface area (Å²) in [6.07, 6.45) is 6.96. The van der Waals surface area contributed by atoms with E-state index in [2.05, 4.69) is 26.5 Å². The van der Waals surface area contributed by atoms with Gasteiger partial charge in [-0.3, -0.25) is 0 Å². The fraction of sp³-hybridized carbons (Fsp3) is 1.00. The molecule has 1 rings (SSSR count). The summed E-state index contributed by atoms with van der Waals surface area (Å²) in [5.74, 6) is 1.81. The van der Waals surface area contributed by atoms with Crippen LogP contribution in [0.1, 0.15) is 46.0 Å². The molecule has 2 unspecified atom stereocenters. The van der Waals surface area contributed by atoms with E-state index in [0.29, 0.717) is 5.25 Å². The molecule has 0 nitrogen and oxygen atoms in total. The number of thiol groups is 1. The van der Waals surface area contributed by atoms with Crippen molar-refractivity contribution in [2.24, 2.45) is 11.8 Å². The molecule has 1 fully saturated rings. The van der Waals surface area contributed by atoms with Gasteiger partial charge in [0.1, 0.15) is 0 Å². The Hall–Kier alpha value is 0.350. The zero-order valence-electron chi connectivity index (χ0n) is 7.71. The highest BCUT2D eigenvalue weighted by Crippen LogP contribution is 2.30. The highest BCUT2D eigenvalue weighted by molar-refractivity contribution is 7.80. The second kappa shape index (κ2) is 4.39. The predicted molar refractivity (Wildman–Crippen MR) is 54.2 cm³/mol. The van der Waals surface area contributed by atoms with Crippen LogP contribution in [0.3, 0.4) is 0 Å². The van der Waals surface area contributed by atoms with Gasteiger partial charge in [-0.25, -0.2) is 0 Å². The van der Waals surface area contributed by atoms with Crippen molar-refractivity contribution in [2.75, 3.05) is 0 Å². The van der Waals surface area contributed by atoms with Gasteiger partial charge in [0.2, 0.25) is 0 Å². The average Bonchev–Trinajstić information content (AvgIpc) is 2.13. The number of hydrogen-bond acceptors (Lipinski definition) is 1. The van der Waals surface area contributed by atoms with Crippen LogP contribution in [0.4, 0.5) is 0 Å². The lowest BCUT2D eigenvalue weighted by atomic mass is 9.89. The molecule has 0 amide bonds. The largest absolute Gasteiger partial charge is 0.176 e. The van der Waals surface area contributed by atoms with E-state index in [4.69, 9.17) is 0 Å². The number of rotatable bonds is 1. The van der Waals surface area contributed by atoms with Crippen LogP contribution in [0, 0.1) is 11.8 Å². The van der Waals surface area contributed by atoms with Crippen LogP contribution in [-0.2, 0) is 0 Å². The molecule has 0 radical (unpaired) electrons. The predicted octanol–water partition coefficient (Wildman–Crippen LogP) is 3.52. The summed E-state index contributed by atoms with van der Waals surface area (Å²) in [4.78, 5) is 0. The zero-order chi connectivity index (χ0) is 8.27. The molecule has 1 heteroatoms. The molecular weight excluding hydrogens is 152 g/mol. The molecule has 11 heavy (non-hydrogen) atoms. The molecule has 66 valence electrons. The van der Waals surface area contributed by atoms with Gasteiger partial charge in [0, 0.05) is 5.25 Å². The first-order valence-electron chi connectivity index (χ1n) is 4.88. The van der Waals surface area contributed by atoms with Crippen LogP contribution in [0.15, 0.2) is 0 Å². The van der Waals surface area contributed by atoms with Crippen molar-refractivity contribution in [1.82, 2.24) is 0 Å². The molecule has 1 aliphatic carbocycles. The minimum Gasteiger partial charge on any atom is -0.176 e. The van der Waals surface area contributed by atoms with Crippen LogP contribution in [0.25, 0.3) is 0 Å². The molecule has 0 N–H and O–H groups in total. The van der Waals surface area contributed by atoms with Gasteiger partial charge < -0.3 is 0 Å². The molecule has 0 saturated heterocycles. The normalized spacial score (nSPS) is 33.8. The standard InChI is InChI=1S/C10H20S/c1-8(2)9-5-3-4-6-10(11)7-9/h8-11H,3-7H2,1-2H3. The Kier molecular flexibility index (Phi) is 3.77. The van der Waals surface area contributed by atoms with Gasteiger partial charge in [0.05, 0.1) is 0 Å². The molecule has 0 aromatic heterocycles. The van der Waals surface area contributed by atoms with Gasteiger partial charge in [0.15, 0.2) is 0 Å². The van der Waals surface area contributed by atoms with E-state index in [1.165, 1.54) is 32.1 Å². The van der Waals surface area contributed by atoms with Crippen LogP contribution in [-0.4, -0.2) is 5.25 Å². The molecule has 0 spiro atoms. The Balaban J connectivity index is 2.39. The summed E-state index contributed by atoms with van der Waals surface area (Å²) in [7, 11) is 0. The highest BCUT2D eigenvalue weighted by atomic mass is 32.1. The third-order valence-corrected chi connectivity index (χ3v) is 3.35. The fourth-order valence-electron chi connectivity index (χ4n) is 1.98. The van der Waals surface area contributed by atoms with Crippen LogP contribution >= 0.6 is 12.6 Å². The maximum atomic E-state index is 4.58. The third-order valence-electron chi connectivity index (χ3n) is 2.88. The van der Waals surface area contributed by atoms with Gasteiger partial charge >= 0.3 is 0 Å². The summed E-state index contributed by atoms with van der Waals surface area (Å²) in [6.45, 7) is 4.69. The van der Waals surface area contributed by atoms with Crippen LogP contribution in [0.5, 0.6) is 0 Å². The molecular formula is C10H20S. The Bertz CT molecular complexity index is 109. The summed E-state index contributed by atoms with van der Waals surface area (Å²) in [5.41, 5.74) is 0. The Morgan fingerprint density at radius 1 is 1.18 bits per heavy atom. The fourth-order valence-corrected chi connectivity index (χ4v) is 2.43. The monoisotopic (exact) mass is 172 g/mol. The smallest absolute Gasteiger partial charge is 0.00195 e. The van der Waals surface area contributed by atoms with Crippen molar-refractivity contribution in [3.8, 4) is 0 Å². The third kappa shape index (κ3) is 3.06. The van der Waals surface area contributed by atoms with Gasteiger partial charge in [0.25, 0.3) is 0 Å². The maximum Gasteiger partial charge on any atom is 0.00195 e. The second-order valence-corrected chi connectivity index (χ2v) is 4.91. The van der Waals surface area contributed by atoms with Crippen molar-refractivity contribution in [2.45, 2.75) is 51.2 Å². The van der Waals surface area contributed by atoms with Gasteiger partial charge in [-0.05, 0) is 24.7 Å². The Labute approximate surface area is 76.2 Å². The molecule has 2 atom stereocenters. The Morgan fingerprint density at radius 3 is 2.45 bits per heavy atom. The second-order valence-electron chi connectivity index (χ2n) is 4.18. The molecule has 0 heterocycles. The zero-order valence-corrected chi connectivity index (χ0v) is 8.61. The lowest BCUT2D eigenvalue weighted by molar-refractivity contribution is 0.345. The quantitative estimate of drug-likeness (QED) is 0.454. The molecule has 0 bridgehead atoms. The molecule has 1 saturated carbocycles. The van der Waals surface area contributed by atoms with Gasteiger partial charge in [-0.1, -0.05) is 33.1 Å². The minimum absolute atomic E-state index is 0.685. The first-order chi connectivity index (χ1) is 5.20. The summed E-state index contributed by atoms with van der Waals surface area (Å²) >= 11 is 4.58. The van der Waals surface area contributed by atoms with E-state index in [1.807, 2.05) is 0 Å². The maximum absolute atomic E-state index is 4.58. The highest BCUT2D eigenvalue weighted by Gasteiger charge is 2.19. The summed E-state index contributed by atoms with van der Waals surface area (Å²) in [5, 5.41) is 0.685. The summed E-state index contributed by atoms with van der Waals surface area (Å²) < 4.78 is 0. The SMILES string of the molecule is CC(C)C1CCCCC(S)C1.